The van der Waals surface area contributed by atoms with Gasteiger partial charge in [0.15, 0.2) is 11.2 Å². The second-order valence-corrected chi connectivity index (χ2v) is 6.91. The van der Waals surface area contributed by atoms with Crippen LogP contribution in [-0.2, 0) is 14.4 Å². The van der Waals surface area contributed by atoms with Crippen molar-refractivity contribution in [2.45, 2.75) is 20.0 Å². The lowest BCUT2D eigenvalue weighted by Gasteiger charge is -2.29. The first-order valence-electron chi connectivity index (χ1n) is 9.44. The van der Waals surface area contributed by atoms with Crippen LogP contribution in [0.2, 0.25) is 0 Å². The maximum Gasteiger partial charge on any atom is 0.344 e. The molecule has 1 atom stereocenters. The summed E-state index contributed by atoms with van der Waals surface area (Å²) in [7, 11) is 0. The zero-order valence-electron chi connectivity index (χ0n) is 16.8. The van der Waals surface area contributed by atoms with Crippen molar-refractivity contribution >= 4 is 46.9 Å². The van der Waals surface area contributed by atoms with E-state index in [2.05, 4.69) is 5.32 Å². The average molecular weight is 440 g/mol. The Labute approximate surface area is 184 Å². The van der Waals surface area contributed by atoms with E-state index < -0.39 is 23.9 Å². The van der Waals surface area contributed by atoms with E-state index in [-0.39, 0.29) is 16.4 Å². The highest BCUT2D eigenvalue weighted by Crippen LogP contribution is 2.28. The summed E-state index contributed by atoms with van der Waals surface area (Å²) < 4.78 is 10.9. The molecule has 0 spiro atoms. The number of carbonyl (C=O) groups excluding carboxylic acids is 2. The van der Waals surface area contributed by atoms with Gasteiger partial charge in [-0.1, -0.05) is 24.3 Å². The number of rotatable bonds is 7. The van der Waals surface area contributed by atoms with E-state index in [1.54, 1.807) is 48.5 Å². The molecule has 160 valence electrons. The summed E-state index contributed by atoms with van der Waals surface area (Å²) in [5, 5.41) is 11.6. The van der Waals surface area contributed by atoms with Gasteiger partial charge in [-0.25, -0.2) is 4.79 Å². The SMILES string of the molecule is CCOc1cccc(N2C(=O)/C(=C/c3ccccc3O[C@H](C)C(=O)O)C(=O)NC2=S)c1. The van der Waals surface area contributed by atoms with Crippen LogP contribution in [0.1, 0.15) is 19.4 Å². The lowest BCUT2D eigenvalue weighted by molar-refractivity contribution is -0.144. The van der Waals surface area contributed by atoms with Crippen LogP contribution in [0.25, 0.3) is 6.08 Å². The number of nitrogens with zero attached hydrogens (tertiary/aromatic N) is 1. The highest BCUT2D eigenvalue weighted by atomic mass is 32.1. The van der Waals surface area contributed by atoms with Gasteiger partial charge in [0.05, 0.1) is 12.3 Å². The van der Waals surface area contributed by atoms with E-state index in [0.29, 0.717) is 23.6 Å². The van der Waals surface area contributed by atoms with Crippen molar-refractivity contribution < 1.29 is 29.0 Å². The summed E-state index contributed by atoms with van der Waals surface area (Å²) in [4.78, 5) is 38.1. The molecule has 9 heteroatoms. The van der Waals surface area contributed by atoms with E-state index in [1.807, 2.05) is 6.92 Å². The molecular weight excluding hydrogens is 420 g/mol. The van der Waals surface area contributed by atoms with Gasteiger partial charge in [0.25, 0.3) is 11.8 Å². The van der Waals surface area contributed by atoms with E-state index in [1.165, 1.54) is 17.9 Å². The molecule has 1 aliphatic rings. The number of para-hydroxylation sites is 1. The quantitative estimate of drug-likeness (QED) is 0.387. The van der Waals surface area contributed by atoms with E-state index in [0.717, 1.165) is 0 Å². The van der Waals surface area contributed by atoms with E-state index in [4.69, 9.17) is 26.8 Å². The first-order valence-corrected chi connectivity index (χ1v) is 9.85. The number of carboxylic acids is 1. The molecule has 8 nitrogen and oxygen atoms in total. The lowest BCUT2D eigenvalue weighted by Crippen LogP contribution is -2.54. The third-order valence-corrected chi connectivity index (χ3v) is 4.64. The monoisotopic (exact) mass is 440 g/mol. The number of ether oxygens (including phenoxy) is 2. The van der Waals surface area contributed by atoms with Crippen LogP contribution in [0, 0.1) is 0 Å². The number of carboxylic acid groups (broad SMARTS) is 1. The standard InChI is InChI=1S/C22H20N2O6S/c1-3-29-16-9-6-8-15(12-16)24-20(26)17(19(25)23-22(24)31)11-14-7-4-5-10-18(14)30-13(2)21(27)28/h4-13H,3H2,1-2H3,(H,27,28)(H,23,25,31)/b17-11+/t13-/m1/s1. The van der Waals surface area contributed by atoms with Crippen LogP contribution in [0.5, 0.6) is 11.5 Å². The number of benzene rings is 2. The second-order valence-electron chi connectivity index (χ2n) is 6.52. The van der Waals surface area contributed by atoms with Crippen LogP contribution in [0.15, 0.2) is 54.1 Å². The Bertz CT molecular complexity index is 1080. The third kappa shape index (κ3) is 4.89. The number of nitrogens with one attached hydrogen (secondary N) is 1. The summed E-state index contributed by atoms with van der Waals surface area (Å²) in [6, 6.07) is 13.3. The van der Waals surface area contributed by atoms with Crippen molar-refractivity contribution in [1.82, 2.24) is 5.32 Å². The Balaban J connectivity index is 1.99. The van der Waals surface area contributed by atoms with Crippen LogP contribution in [0.3, 0.4) is 0 Å². The number of hydrogen-bond acceptors (Lipinski definition) is 6. The first kappa shape index (κ1) is 22.0. The fourth-order valence-electron chi connectivity index (χ4n) is 2.87. The molecule has 2 amide bonds. The minimum absolute atomic E-state index is 0.0511. The predicted octanol–water partition coefficient (Wildman–Crippen LogP) is 2.77. The van der Waals surface area contributed by atoms with Gasteiger partial charge in [-0.05, 0) is 50.3 Å². The molecule has 0 unspecified atom stereocenters. The number of amides is 2. The van der Waals surface area contributed by atoms with Crippen molar-refractivity contribution in [3.8, 4) is 11.5 Å². The highest BCUT2D eigenvalue weighted by molar-refractivity contribution is 7.80. The molecule has 3 rings (SSSR count). The number of anilines is 1. The van der Waals surface area contributed by atoms with Gasteiger partial charge < -0.3 is 14.6 Å². The van der Waals surface area contributed by atoms with Gasteiger partial charge in [0.1, 0.15) is 17.1 Å². The van der Waals surface area contributed by atoms with E-state index >= 15 is 0 Å². The molecule has 31 heavy (non-hydrogen) atoms. The Hall–Kier alpha value is -3.72. The zero-order valence-corrected chi connectivity index (χ0v) is 17.6. The van der Waals surface area contributed by atoms with Gasteiger partial charge in [0.2, 0.25) is 0 Å². The average Bonchev–Trinajstić information content (AvgIpc) is 2.72. The van der Waals surface area contributed by atoms with Gasteiger partial charge in [-0.15, -0.1) is 0 Å². The number of thiocarbonyl (C=S) groups is 1. The van der Waals surface area contributed by atoms with Crippen molar-refractivity contribution in [2.24, 2.45) is 0 Å². The van der Waals surface area contributed by atoms with Crippen molar-refractivity contribution in [2.75, 3.05) is 11.5 Å². The molecule has 2 N–H and O–H groups in total. The molecule has 0 bridgehead atoms. The molecule has 0 aromatic heterocycles. The summed E-state index contributed by atoms with van der Waals surface area (Å²) in [6.07, 6.45) is 0.240. The largest absolute Gasteiger partial charge is 0.494 e. The summed E-state index contributed by atoms with van der Waals surface area (Å²) >= 11 is 5.22. The molecule has 1 heterocycles. The molecule has 1 fully saturated rings. The van der Waals surface area contributed by atoms with Crippen molar-refractivity contribution in [3.63, 3.8) is 0 Å². The van der Waals surface area contributed by atoms with Crippen molar-refractivity contribution in [1.29, 1.82) is 0 Å². The summed E-state index contributed by atoms with van der Waals surface area (Å²) in [6.45, 7) is 3.68. The predicted molar refractivity (Wildman–Crippen MR) is 118 cm³/mol. The molecule has 2 aromatic carbocycles. The Morgan fingerprint density at radius 2 is 1.97 bits per heavy atom. The molecule has 0 radical (unpaired) electrons. The summed E-state index contributed by atoms with van der Waals surface area (Å²) in [5.41, 5.74) is 0.648. The van der Waals surface area contributed by atoms with Crippen molar-refractivity contribution in [3.05, 3.63) is 59.7 Å². The maximum absolute atomic E-state index is 13.2. The maximum atomic E-state index is 13.2. The van der Waals surface area contributed by atoms with Gasteiger partial charge in [-0.3, -0.25) is 19.8 Å². The number of carbonyl (C=O) groups is 3. The van der Waals surface area contributed by atoms with Crippen LogP contribution >= 0.6 is 12.2 Å². The highest BCUT2D eigenvalue weighted by Gasteiger charge is 2.35. The molecule has 0 aliphatic carbocycles. The smallest absolute Gasteiger partial charge is 0.344 e. The normalized spacial score (nSPS) is 16.1. The molecule has 1 saturated heterocycles. The Morgan fingerprint density at radius 3 is 2.68 bits per heavy atom. The first-order chi connectivity index (χ1) is 14.8. The van der Waals surface area contributed by atoms with Crippen LogP contribution < -0.4 is 19.7 Å². The fraction of sp³-hybridized carbons (Fsp3) is 0.182. The number of hydrogen-bond donors (Lipinski definition) is 2. The van der Waals surface area contributed by atoms with Crippen LogP contribution in [0.4, 0.5) is 5.69 Å². The Kier molecular flexibility index (Phi) is 6.66. The Morgan fingerprint density at radius 1 is 1.23 bits per heavy atom. The second kappa shape index (κ2) is 9.40. The van der Waals surface area contributed by atoms with Gasteiger partial charge >= 0.3 is 5.97 Å². The molecular formula is C22H20N2O6S. The third-order valence-electron chi connectivity index (χ3n) is 4.36. The lowest BCUT2D eigenvalue weighted by atomic mass is 10.1. The topological polar surface area (TPSA) is 105 Å². The molecule has 0 saturated carbocycles. The zero-order chi connectivity index (χ0) is 22.5. The van der Waals surface area contributed by atoms with Crippen LogP contribution in [-0.4, -0.2) is 40.7 Å². The molecule has 1 aliphatic heterocycles. The van der Waals surface area contributed by atoms with Gasteiger partial charge in [-0.2, -0.15) is 0 Å². The van der Waals surface area contributed by atoms with E-state index in [9.17, 15) is 14.4 Å². The fourth-order valence-corrected chi connectivity index (χ4v) is 3.16. The minimum atomic E-state index is -1.14. The van der Waals surface area contributed by atoms with Gasteiger partial charge in [0, 0.05) is 11.6 Å². The minimum Gasteiger partial charge on any atom is -0.494 e. The number of aliphatic carboxylic acids is 1. The summed E-state index contributed by atoms with van der Waals surface area (Å²) in [5.74, 6) is -1.64. The molecule has 2 aromatic rings.